The first-order valence-electron chi connectivity index (χ1n) is 6.57. The SMILES string of the molecule is O=C(O)C1Cc2ccccc2N1Cc1ccc(F)c(F)c1. The van der Waals surface area contributed by atoms with Gasteiger partial charge in [-0.05, 0) is 29.3 Å². The van der Waals surface area contributed by atoms with E-state index in [0.29, 0.717) is 12.0 Å². The molecule has 0 radical (unpaired) electrons. The Labute approximate surface area is 120 Å². The number of carboxylic acids is 1. The molecule has 1 N–H and O–H groups in total. The molecule has 0 amide bonds. The Hall–Kier alpha value is -2.43. The van der Waals surface area contributed by atoms with E-state index in [1.807, 2.05) is 24.3 Å². The van der Waals surface area contributed by atoms with Crippen LogP contribution >= 0.6 is 0 Å². The molecule has 2 aromatic rings. The molecule has 1 atom stereocenters. The van der Waals surface area contributed by atoms with Crippen LogP contribution < -0.4 is 4.90 Å². The highest BCUT2D eigenvalue weighted by molar-refractivity contribution is 5.82. The zero-order valence-corrected chi connectivity index (χ0v) is 11.1. The third-order valence-electron chi connectivity index (χ3n) is 3.71. The van der Waals surface area contributed by atoms with Crippen molar-refractivity contribution in [3.05, 3.63) is 65.2 Å². The number of halogens is 2. The molecule has 3 nitrogen and oxygen atoms in total. The van der Waals surface area contributed by atoms with Crippen LogP contribution in [0.2, 0.25) is 0 Å². The minimum atomic E-state index is -0.924. The standard InChI is InChI=1S/C16H13F2NO2/c17-12-6-5-10(7-13(12)18)9-19-14-4-2-1-3-11(14)8-15(19)16(20)21/h1-7,15H,8-9H2,(H,20,21). The number of hydrogen-bond acceptors (Lipinski definition) is 2. The van der Waals surface area contributed by atoms with Gasteiger partial charge in [0.05, 0.1) is 0 Å². The third-order valence-corrected chi connectivity index (χ3v) is 3.71. The minimum Gasteiger partial charge on any atom is -0.480 e. The number of para-hydroxylation sites is 1. The number of aliphatic carboxylic acids is 1. The molecule has 0 saturated heterocycles. The van der Waals surface area contributed by atoms with Crippen molar-refractivity contribution >= 4 is 11.7 Å². The summed E-state index contributed by atoms with van der Waals surface area (Å²) >= 11 is 0. The summed E-state index contributed by atoms with van der Waals surface area (Å²) in [7, 11) is 0. The predicted molar refractivity (Wildman–Crippen MR) is 74.1 cm³/mol. The predicted octanol–water partition coefficient (Wildman–Crippen LogP) is 2.98. The molecule has 108 valence electrons. The summed E-state index contributed by atoms with van der Waals surface area (Å²) in [5, 5.41) is 9.36. The van der Waals surface area contributed by atoms with Gasteiger partial charge in [-0.3, -0.25) is 0 Å². The van der Waals surface area contributed by atoms with E-state index in [1.54, 1.807) is 4.90 Å². The highest BCUT2D eigenvalue weighted by Crippen LogP contribution is 2.33. The van der Waals surface area contributed by atoms with Crippen molar-refractivity contribution in [1.29, 1.82) is 0 Å². The second-order valence-electron chi connectivity index (χ2n) is 5.06. The minimum absolute atomic E-state index is 0.227. The molecule has 0 spiro atoms. The summed E-state index contributed by atoms with van der Waals surface area (Å²) in [6.45, 7) is 0.227. The molecule has 0 bridgehead atoms. The lowest BCUT2D eigenvalue weighted by molar-refractivity contribution is -0.138. The lowest BCUT2D eigenvalue weighted by atomic mass is 10.1. The van der Waals surface area contributed by atoms with Gasteiger partial charge >= 0.3 is 5.97 Å². The van der Waals surface area contributed by atoms with Gasteiger partial charge in [0.15, 0.2) is 11.6 Å². The first-order chi connectivity index (χ1) is 10.1. The van der Waals surface area contributed by atoms with Crippen molar-refractivity contribution in [1.82, 2.24) is 0 Å². The van der Waals surface area contributed by atoms with E-state index in [0.717, 1.165) is 23.4 Å². The maximum absolute atomic E-state index is 13.3. The molecule has 1 aliphatic heterocycles. The highest BCUT2D eigenvalue weighted by Gasteiger charge is 2.34. The number of benzene rings is 2. The molecule has 0 aromatic heterocycles. The summed E-state index contributed by atoms with van der Waals surface area (Å²) in [6.07, 6.45) is 0.412. The molecule has 2 aromatic carbocycles. The quantitative estimate of drug-likeness (QED) is 0.944. The molecule has 1 heterocycles. The lowest BCUT2D eigenvalue weighted by Gasteiger charge is -2.24. The molecule has 0 fully saturated rings. The number of anilines is 1. The fourth-order valence-corrected chi connectivity index (χ4v) is 2.70. The van der Waals surface area contributed by atoms with Gasteiger partial charge < -0.3 is 10.0 Å². The first-order valence-corrected chi connectivity index (χ1v) is 6.57. The second kappa shape index (κ2) is 5.16. The maximum Gasteiger partial charge on any atom is 0.326 e. The molecular formula is C16H13F2NO2. The van der Waals surface area contributed by atoms with E-state index in [4.69, 9.17) is 0 Å². The summed E-state index contributed by atoms with van der Waals surface area (Å²) in [5.74, 6) is -2.75. The average molecular weight is 289 g/mol. The van der Waals surface area contributed by atoms with E-state index in [-0.39, 0.29) is 6.54 Å². The van der Waals surface area contributed by atoms with Crippen LogP contribution in [-0.2, 0) is 17.8 Å². The Bertz CT molecular complexity index is 702. The molecule has 1 aliphatic rings. The number of carbonyl (C=O) groups is 1. The Morgan fingerprint density at radius 2 is 1.95 bits per heavy atom. The molecule has 1 unspecified atom stereocenters. The van der Waals surface area contributed by atoms with Crippen LogP contribution in [0.3, 0.4) is 0 Å². The monoisotopic (exact) mass is 289 g/mol. The zero-order valence-electron chi connectivity index (χ0n) is 11.1. The third kappa shape index (κ3) is 2.46. The van der Waals surface area contributed by atoms with Crippen LogP contribution in [0.4, 0.5) is 14.5 Å². The van der Waals surface area contributed by atoms with Crippen LogP contribution in [0, 0.1) is 11.6 Å². The largest absolute Gasteiger partial charge is 0.480 e. The maximum atomic E-state index is 13.3. The molecule has 0 aliphatic carbocycles. The topological polar surface area (TPSA) is 40.5 Å². The fourth-order valence-electron chi connectivity index (χ4n) is 2.70. The van der Waals surface area contributed by atoms with Crippen molar-refractivity contribution in [2.75, 3.05) is 4.90 Å². The van der Waals surface area contributed by atoms with Gasteiger partial charge in [-0.25, -0.2) is 13.6 Å². The van der Waals surface area contributed by atoms with Crippen molar-refractivity contribution in [3.8, 4) is 0 Å². The lowest BCUT2D eigenvalue weighted by Crippen LogP contribution is -2.38. The summed E-state index contributed by atoms with van der Waals surface area (Å²) in [5.41, 5.74) is 2.32. The van der Waals surface area contributed by atoms with Gasteiger partial charge in [0, 0.05) is 18.7 Å². The molecule has 21 heavy (non-hydrogen) atoms. The first kappa shape index (κ1) is 13.5. The fraction of sp³-hybridized carbons (Fsp3) is 0.188. The van der Waals surface area contributed by atoms with Gasteiger partial charge in [-0.15, -0.1) is 0 Å². The van der Waals surface area contributed by atoms with Crippen LogP contribution in [-0.4, -0.2) is 17.1 Å². The van der Waals surface area contributed by atoms with Crippen LogP contribution in [0.1, 0.15) is 11.1 Å². The van der Waals surface area contributed by atoms with Gasteiger partial charge in [0.2, 0.25) is 0 Å². The molecular weight excluding hydrogens is 276 g/mol. The zero-order chi connectivity index (χ0) is 15.0. The van der Waals surface area contributed by atoms with E-state index in [9.17, 15) is 18.7 Å². The number of rotatable bonds is 3. The summed E-state index contributed by atoms with van der Waals surface area (Å²) < 4.78 is 26.3. The number of carboxylic acid groups (broad SMARTS) is 1. The Morgan fingerprint density at radius 3 is 2.67 bits per heavy atom. The van der Waals surface area contributed by atoms with Gasteiger partial charge in [-0.1, -0.05) is 24.3 Å². The van der Waals surface area contributed by atoms with Crippen molar-refractivity contribution in [3.63, 3.8) is 0 Å². The number of fused-ring (bicyclic) bond motifs is 1. The van der Waals surface area contributed by atoms with E-state index in [2.05, 4.69) is 0 Å². The van der Waals surface area contributed by atoms with Crippen LogP contribution in [0.5, 0.6) is 0 Å². The molecule has 0 saturated carbocycles. The van der Waals surface area contributed by atoms with Gasteiger partial charge in [-0.2, -0.15) is 0 Å². The Morgan fingerprint density at radius 1 is 1.19 bits per heavy atom. The summed E-state index contributed by atoms with van der Waals surface area (Å²) in [4.78, 5) is 13.1. The van der Waals surface area contributed by atoms with E-state index in [1.165, 1.54) is 6.07 Å². The van der Waals surface area contributed by atoms with Crippen molar-refractivity contribution < 1.29 is 18.7 Å². The Balaban J connectivity index is 1.94. The normalized spacial score (nSPS) is 16.9. The Kier molecular flexibility index (Phi) is 3.33. The van der Waals surface area contributed by atoms with E-state index >= 15 is 0 Å². The highest BCUT2D eigenvalue weighted by atomic mass is 19.2. The number of nitrogens with zero attached hydrogens (tertiary/aromatic N) is 1. The van der Waals surface area contributed by atoms with Crippen molar-refractivity contribution in [2.24, 2.45) is 0 Å². The van der Waals surface area contributed by atoms with Gasteiger partial charge in [0.25, 0.3) is 0 Å². The molecule has 3 rings (SSSR count). The second-order valence-corrected chi connectivity index (χ2v) is 5.06. The van der Waals surface area contributed by atoms with E-state index < -0.39 is 23.6 Å². The molecule has 5 heteroatoms. The summed E-state index contributed by atoms with van der Waals surface area (Å²) in [6, 6.07) is 10.4. The average Bonchev–Trinajstić information content (AvgIpc) is 2.82. The van der Waals surface area contributed by atoms with Gasteiger partial charge in [0.1, 0.15) is 6.04 Å². The smallest absolute Gasteiger partial charge is 0.326 e. The number of hydrogen-bond donors (Lipinski definition) is 1. The van der Waals surface area contributed by atoms with Crippen molar-refractivity contribution in [2.45, 2.75) is 19.0 Å². The van der Waals surface area contributed by atoms with Crippen LogP contribution in [0.25, 0.3) is 0 Å². The van der Waals surface area contributed by atoms with Crippen LogP contribution in [0.15, 0.2) is 42.5 Å².